The molecule has 0 amide bonds. The van der Waals surface area contributed by atoms with Crippen molar-refractivity contribution >= 4 is 15.9 Å². The summed E-state index contributed by atoms with van der Waals surface area (Å²) in [4.78, 5) is 1.07. The number of hydrogen-bond acceptors (Lipinski definition) is 3. The highest BCUT2D eigenvalue weighted by Gasteiger charge is 2.35. The van der Waals surface area contributed by atoms with Gasteiger partial charge in [-0.3, -0.25) is 0 Å². The first-order valence-corrected chi connectivity index (χ1v) is 6.94. The summed E-state index contributed by atoms with van der Waals surface area (Å²) in [6.07, 6.45) is 2.75. The quantitative estimate of drug-likeness (QED) is 0.801. The van der Waals surface area contributed by atoms with Gasteiger partial charge < -0.3 is 5.32 Å². The molecule has 1 fully saturated rings. The first-order chi connectivity index (χ1) is 7.69. The SMILES string of the molecule is O=S1(=O)C(C2CCNC2)=Cc2ccccc21. The van der Waals surface area contributed by atoms with Crippen LogP contribution in [0.1, 0.15) is 12.0 Å². The molecule has 2 aliphatic heterocycles. The van der Waals surface area contributed by atoms with Crippen molar-refractivity contribution in [2.75, 3.05) is 13.1 Å². The van der Waals surface area contributed by atoms with E-state index in [4.69, 9.17) is 0 Å². The molecule has 1 saturated heterocycles. The van der Waals surface area contributed by atoms with Gasteiger partial charge in [-0.25, -0.2) is 8.42 Å². The molecular weight excluding hydrogens is 222 g/mol. The lowest BCUT2D eigenvalue weighted by Gasteiger charge is -2.09. The van der Waals surface area contributed by atoms with E-state index < -0.39 is 9.84 Å². The van der Waals surface area contributed by atoms with Gasteiger partial charge in [-0.15, -0.1) is 0 Å². The fraction of sp³-hybridized carbons (Fsp3) is 0.333. The van der Waals surface area contributed by atoms with E-state index >= 15 is 0 Å². The highest BCUT2D eigenvalue weighted by Crippen LogP contribution is 2.38. The minimum atomic E-state index is -3.21. The predicted molar refractivity (Wildman–Crippen MR) is 62.6 cm³/mol. The van der Waals surface area contributed by atoms with Crippen LogP contribution >= 0.6 is 0 Å². The zero-order valence-corrected chi connectivity index (χ0v) is 9.63. The molecule has 0 spiro atoms. The second-order valence-corrected chi connectivity index (χ2v) is 6.20. The minimum Gasteiger partial charge on any atom is -0.316 e. The summed E-state index contributed by atoms with van der Waals surface area (Å²) in [7, 11) is -3.21. The number of fused-ring (bicyclic) bond motifs is 1. The van der Waals surface area contributed by atoms with Gasteiger partial charge in [-0.1, -0.05) is 18.2 Å². The van der Waals surface area contributed by atoms with Crippen LogP contribution in [-0.4, -0.2) is 21.5 Å². The van der Waals surface area contributed by atoms with E-state index in [2.05, 4.69) is 5.32 Å². The van der Waals surface area contributed by atoms with Crippen molar-refractivity contribution in [2.45, 2.75) is 11.3 Å². The van der Waals surface area contributed by atoms with Crippen LogP contribution < -0.4 is 5.32 Å². The zero-order chi connectivity index (χ0) is 11.2. The molecule has 84 valence electrons. The van der Waals surface area contributed by atoms with Crippen molar-refractivity contribution in [3.05, 3.63) is 34.7 Å². The van der Waals surface area contributed by atoms with Crippen molar-refractivity contribution in [2.24, 2.45) is 5.92 Å². The highest BCUT2D eigenvalue weighted by molar-refractivity contribution is 7.95. The summed E-state index contributed by atoms with van der Waals surface area (Å²) in [5, 5.41) is 3.21. The smallest absolute Gasteiger partial charge is 0.203 e. The van der Waals surface area contributed by atoms with Crippen LogP contribution in [0, 0.1) is 5.92 Å². The number of rotatable bonds is 1. The lowest BCUT2D eigenvalue weighted by molar-refractivity contribution is 0.593. The Labute approximate surface area is 95.1 Å². The largest absolute Gasteiger partial charge is 0.316 e. The third-order valence-corrected chi connectivity index (χ3v) is 5.30. The molecule has 1 atom stereocenters. The lowest BCUT2D eigenvalue weighted by Crippen LogP contribution is -2.14. The molecule has 3 nitrogen and oxygen atoms in total. The summed E-state index contributed by atoms with van der Waals surface area (Å²) >= 11 is 0. The summed E-state index contributed by atoms with van der Waals surface area (Å²) in [6, 6.07) is 7.21. The maximum Gasteiger partial charge on any atom is 0.203 e. The summed E-state index contributed by atoms with van der Waals surface area (Å²) in [5.41, 5.74) is 0.837. The maximum atomic E-state index is 12.3. The molecule has 1 N–H and O–H groups in total. The normalized spacial score (nSPS) is 26.5. The topological polar surface area (TPSA) is 46.2 Å². The first kappa shape index (κ1) is 10.1. The van der Waals surface area contributed by atoms with Gasteiger partial charge >= 0.3 is 0 Å². The Hall–Kier alpha value is -1.13. The Bertz CT molecular complexity index is 554. The maximum absolute atomic E-state index is 12.3. The van der Waals surface area contributed by atoms with Gasteiger partial charge in [-0.2, -0.15) is 0 Å². The molecule has 0 radical (unpaired) electrons. The molecule has 0 bridgehead atoms. The van der Waals surface area contributed by atoms with E-state index in [1.807, 2.05) is 18.2 Å². The van der Waals surface area contributed by atoms with Crippen molar-refractivity contribution < 1.29 is 8.42 Å². The average molecular weight is 235 g/mol. The fourth-order valence-electron chi connectivity index (χ4n) is 2.44. The molecule has 0 aliphatic carbocycles. The van der Waals surface area contributed by atoms with E-state index in [9.17, 15) is 8.42 Å². The van der Waals surface area contributed by atoms with Crippen LogP contribution in [0.4, 0.5) is 0 Å². The van der Waals surface area contributed by atoms with Crippen LogP contribution in [-0.2, 0) is 9.84 Å². The van der Waals surface area contributed by atoms with Crippen LogP contribution in [0.5, 0.6) is 0 Å². The summed E-state index contributed by atoms with van der Waals surface area (Å²) in [5.74, 6) is 0.150. The molecule has 1 unspecified atom stereocenters. The van der Waals surface area contributed by atoms with E-state index in [1.54, 1.807) is 12.1 Å². The van der Waals surface area contributed by atoms with Gasteiger partial charge in [0, 0.05) is 12.5 Å². The summed E-state index contributed by atoms with van der Waals surface area (Å²) < 4.78 is 24.6. The second-order valence-electron chi connectivity index (χ2n) is 4.28. The molecule has 1 aromatic rings. The number of hydrogen-bond donors (Lipinski definition) is 1. The first-order valence-electron chi connectivity index (χ1n) is 5.46. The summed E-state index contributed by atoms with van der Waals surface area (Å²) in [6.45, 7) is 1.69. The predicted octanol–water partition coefficient (Wildman–Crippen LogP) is 1.42. The van der Waals surface area contributed by atoms with Crippen molar-refractivity contribution in [3.8, 4) is 0 Å². The number of nitrogens with one attached hydrogen (secondary N) is 1. The Morgan fingerprint density at radius 3 is 2.75 bits per heavy atom. The van der Waals surface area contributed by atoms with Crippen LogP contribution in [0.2, 0.25) is 0 Å². The second kappa shape index (κ2) is 3.43. The van der Waals surface area contributed by atoms with Crippen LogP contribution in [0.25, 0.3) is 6.08 Å². The van der Waals surface area contributed by atoms with E-state index in [0.29, 0.717) is 9.80 Å². The number of benzene rings is 1. The molecular formula is C12H13NO2S. The van der Waals surface area contributed by atoms with E-state index in [1.165, 1.54) is 0 Å². The Morgan fingerprint density at radius 1 is 1.25 bits per heavy atom. The van der Waals surface area contributed by atoms with Crippen molar-refractivity contribution in [1.29, 1.82) is 0 Å². The van der Waals surface area contributed by atoms with Gasteiger partial charge in [0.25, 0.3) is 0 Å². The third-order valence-electron chi connectivity index (χ3n) is 3.28. The van der Waals surface area contributed by atoms with E-state index in [-0.39, 0.29) is 5.92 Å². The molecule has 2 heterocycles. The molecule has 2 aliphatic rings. The average Bonchev–Trinajstić information content (AvgIpc) is 2.86. The van der Waals surface area contributed by atoms with Gasteiger partial charge in [0.1, 0.15) is 0 Å². The van der Waals surface area contributed by atoms with Gasteiger partial charge in [0.2, 0.25) is 9.84 Å². The fourth-order valence-corrected chi connectivity index (χ4v) is 4.31. The van der Waals surface area contributed by atoms with E-state index in [0.717, 1.165) is 25.1 Å². The highest BCUT2D eigenvalue weighted by atomic mass is 32.2. The zero-order valence-electron chi connectivity index (χ0n) is 8.81. The molecule has 4 heteroatoms. The Balaban J connectivity index is 2.11. The van der Waals surface area contributed by atoms with Gasteiger partial charge in [0.15, 0.2) is 0 Å². The third kappa shape index (κ3) is 1.33. The van der Waals surface area contributed by atoms with Crippen LogP contribution in [0.3, 0.4) is 0 Å². The number of sulfone groups is 1. The molecule has 16 heavy (non-hydrogen) atoms. The van der Waals surface area contributed by atoms with Gasteiger partial charge in [0.05, 0.1) is 9.80 Å². The van der Waals surface area contributed by atoms with Crippen LogP contribution in [0.15, 0.2) is 34.1 Å². The molecule has 0 saturated carbocycles. The van der Waals surface area contributed by atoms with Crippen molar-refractivity contribution in [1.82, 2.24) is 5.32 Å². The minimum absolute atomic E-state index is 0.150. The monoisotopic (exact) mass is 235 g/mol. The Morgan fingerprint density at radius 2 is 2.06 bits per heavy atom. The standard InChI is InChI=1S/C12H13NO2S/c14-16(15)11-4-2-1-3-9(11)7-12(16)10-5-6-13-8-10/h1-4,7,10,13H,5-6,8H2. The lowest BCUT2D eigenvalue weighted by atomic mass is 10.1. The molecule has 3 rings (SSSR count). The molecule has 0 aromatic heterocycles. The van der Waals surface area contributed by atoms with Gasteiger partial charge in [-0.05, 0) is 30.7 Å². The molecule has 1 aromatic carbocycles. The Kier molecular flexibility index (Phi) is 2.16. The van der Waals surface area contributed by atoms with Crippen molar-refractivity contribution in [3.63, 3.8) is 0 Å².